The molecule has 3 aliphatic rings. The summed E-state index contributed by atoms with van der Waals surface area (Å²) >= 11 is 1.87. The molecular formula is C22H21NO3S. The number of rotatable bonds is 3. The molecule has 2 heterocycles. The topological polar surface area (TPSA) is 38.8 Å². The van der Waals surface area contributed by atoms with Gasteiger partial charge in [-0.15, -0.1) is 11.8 Å². The maximum absolute atomic E-state index is 11.9. The van der Waals surface area contributed by atoms with Gasteiger partial charge in [-0.25, -0.2) is 0 Å². The third kappa shape index (κ3) is 3.32. The van der Waals surface area contributed by atoms with E-state index in [1.165, 1.54) is 21.7 Å². The Hall–Kier alpha value is -2.40. The smallest absolute Gasteiger partial charge is 0.231 e. The predicted octanol–water partition coefficient (Wildman–Crippen LogP) is 4.70. The zero-order chi connectivity index (χ0) is 18.2. The fraction of sp³-hybridized carbons (Fsp3) is 0.318. The Balaban J connectivity index is 1.51. The van der Waals surface area contributed by atoms with E-state index < -0.39 is 0 Å². The number of carbonyl (C=O) groups excluding carboxylic acids is 1. The summed E-state index contributed by atoms with van der Waals surface area (Å²) in [6.45, 7) is 2.00. The third-order valence-corrected chi connectivity index (χ3v) is 6.57. The Morgan fingerprint density at radius 1 is 1.04 bits per heavy atom. The van der Waals surface area contributed by atoms with Crippen LogP contribution in [0.3, 0.4) is 0 Å². The zero-order valence-corrected chi connectivity index (χ0v) is 15.8. The first-order chi connectivity index (χ1) is 13.3. The number of ketones is 1. The van der Waals surface area contributed by atoms with Gasteiger partial charge in [0.05, 0.1) is 5.25 Å². The third-order valence-electron chi connectivity index (χ3n) is 5.34. The van der Waals surface area contributed by atoms with Crippen molar-refractivity contribution in [3.63, 3.8) is 0 Å². The first-order valence-corrected chi connectivity index (χ1v) is 10.3. The predicted molar refractivity (Wildman–Crippen MR) is 105 cm³/mol. The number of carbonyl (C=O) groups is 1. The highest BCUT2D eigenvalue weighted by molar-refractivity contribution is 7.99. The van der Waals surface area contributed by atoms with Crippen molar-refractivity contribution < 1.29 is 14.3 Å². The molecule has 0 bridgehead atoms. The SMILES string of the molecule is O=C1C=C(N2Cc3cc4c(cc3C(Sc3ccccc3)C2)OCO4)CCC1. The lowest BCUT2D eigenvalue weighted by Gasteiger charge is -2.38. The fourth-order valence-corrected chi connectivity index (χ4v) is 5.25. The Kier molecular flexibility index (Phi) is 4.32. The molecule has 0 spiro atoms. The summed E-state index contributed by atoms with van der Waals surface area (Å²) in [6.07, 6.45) is 4.46. The van der Waals surface area contributed by atoms with Gasteiger partial charge in [-0.3, -0.25) is 4.79 Å². The van der Waals surface area contributed by atoms with E-state index in [2.05, 4.69) is 41.3 Å². The summed E-state index contributed by atoms with van der Waals surface area (Å²) in [5.74, 6) is 1.92. The highest BCUT2D eigenvalue weighted by atomic mass is 32.2. The molecule has 0 fully saturated rings. The van der Waals surface area contributed by atoms with Gasteiger partial charge in [0, 0.05) is 36.2 Å². The number of fused-ring (bicyclic) bond motifs is 2. The van der Waals surface area contributed by atoms with Crippen molar-refractivity contribution in [3.8, 4) is 11.5 Å². The minimum Gasteiger partial charge on any atom is -0.454 e. The van der Waals surface area contributed by atoms with Crippen LogP contribution in [0.4, 0.5) is 0 Å². The lowest BCUT2D eigenvalue weighted by molar-refractivity contribution is -0.115. The van der Waals surface area contributed by atoms with Crippen molar-refractivity contribution in [2.24, 2.45) is 0 Å². The summed E-state index contributed by atoms with van der Waals surface area (Å²) in [6, 6.07) is 14.8. The molecule has 5 rings (SSSR count). The van der Waals surface area contributed by atoms with Gasteiger partial charge in [0.15, 0.2) is 17.3 Å². The van der Waals surface area contributed by atoms with E-state index in [0.29, 0.717) is 6.42 Å². The lowest BCUT2D eigenvalue weighted by Crippen LogP contribution is -2.33. The molecule has 1 aliphatic carbocycles. The van der Waals surface area contributed by atoms with E-state index in [-0.39, 0.29) is 17.8 Å². The van der Waals surface area contributed by atoms with Crippen molar-refractivity contribution in [1.82, 2.24) is 4.90 Å². The molecule has 0 saturated carbocycles. The first kappa shape index (κ1) is 16.8. The molecule has 27 heavy (non-hydrogen) atoms. The van der Waals surface area contributed by atoms with Crippen LogP contribution in [0.2, 0.25) is 0 Å². The quantitative estimate of drug-likeness (QED) is 0.773. The average molecular weight is 379 g/mol. The number of hydrogen-bond acceptors (Lipinski definition) is 5. The number of thioether (sulfide) groups is 1. The molecule has 0 N–H and O–H groups in total. The normalized spacial score (nSPS) is 21.0. The van der Waals surface area contributed by atoms with Gasteiger partial charge in [0.2, 0.25) is 6.79 Å². The minimum absolute atomic E-state index is 0.250. The molecular weight excluding hydrogens is 358 g/mol. The Morgan fingerprint density at radius 3 is 2.67 bits per heavy atom. The second kappa shape index (κ2) is 6.97. The van der Waals surface area contributed by atoms with Gasteiger partial charge < -0.3 is 14.4 Å². The van der Waals surface area contributed by atoms with E-state index in [9.17, 15) is 4.79 Å². The second-order valence-electron chi connectivity index (χ2n) is 7.16. The van der Waals surface area contributed by atoms with Gasteiger partial charge >= 0.3 is 0 Å². The summed E-state index contributed by atoms with van der Waals surface area (Å²) in [7, 11) is 0. The van der Waals surface area contributed by atoms with Crippen LogP contribution in [-0.2, 0) is 11.3 Å². The van der Waals surface area contributed by atoms with E-state index in [4.69, 9.17) is 9.47 Å². The van der Waals surface area contributed by atoms with Crippen molar-refractivity contribution in [2.45, 2.75) is 36.0 Å². The Labute approximate surface area is 163 Å². The maximum atomic E-state index is 11.9. The maximum Gasteiger partial charge on any atom is 0.231 e. The first-order valence-electron chi connectivity index (χ1n) is 9.39. The van der Waals surface area contributed by atoms with Crippen molar-refractivity contribution in [3.05, 3.63) is 65.4 Å². The highest BCUT2D eigenvalue weighted by Crippen LogP contribution is 2.46. The molecule has 0 aromatic heterocycles. The van der Waals surface area contributed by atoms with Gasteiger partial charge in [0.1, 0.15) is 0 Å². The molecule has 138 valence electrons. The Morgan fingerprint density at radius 2 is 1.85 bits per heavy atom. The molecule has 0 amide bonds. The number of hydrogen-bond donors (Lipinski definition) is 0. The average Bonchev–Trinajstić information content (AvgIpc) is 3.14. The number of ether oxygens (including phenoxy) is 2. The van der Waals surface area contributed by atoms with Gasteiger partial charge in [0.25, 0.3) is 0 Å². The van der Waals surface area contributed by atoms with E-state index in [0.717, 1.165) is 37.4 Å². The second-order valence-corrected chi connectivity index (χ2v) is 8.44. The summed E-state index contributed by atoms with van der Waals surface area (Å²) in [4.78, 5) is 15.6. The number of allylic oxidation sites excluding steroid dienone is 2. The van der Waals surface area contributed by atoms with Gasteiger partial charge in [-0.2, -0.15) is 0 Å². The monoisotopic (exact) mass is 379 g/mol. The molecule has 0 radical (unpaired) electrons. The van der Waals surface area contributed by atoms with Crippen LogP contribution in [0.25, 0.3) is 0 Å². The number of benzene rings is 2. The van der Waals surface area contributed by atoms with Crippen LogP contribution >= 0.6 is 11.8 Å². The molecule has 5 heteroatoms. The highest BCUT2D eigenvalue weighted by Gasteiger charge is 2.31. The largest absolute Gasteiger partial charge is 0.454 e. The van der Waals surface area contributed by atoms with Gasteiger partial charge in [-0.1, -0.05) is 18.2 Å². The molecule has 2 aromatic rings. The molecule has 2 aromatic carbocycles. The lowest BCUT2D eigenvalue weighted by atomic mass is 9.95. The van der Waals surface area contributed by atoms with Crippen molar-refractivity contribution in [1.29, 1.82) is 0 Å². The molecule has 0 saturated heterocycles. The van der Waals surface area contributed by atoms with E-state index in [1.54, 1.807) is 0 Å². The van der Waals surface area contributed by atoms with Crippen LogP contribution < -0.4 is 9.47 Å². The summed E-state index contributed by atoms with van der Waals surface area (Å²) < 4.78 is 11.2. The minimum atomic E-state index is 0.250. The summed E-state index contributed by atoms with van der Waals surface area (Å²) in [5, 5.41) is 0.281. The van der Waals surface area contributed by atoms with Crippen molar-refractivity contribution >= 4 is 17.5 Å². The van der Waals surface area contributed by atoms with E-state index in [1.807, 2.05) is 23.9 Å². The fourth-order valence-electron chi connectivity index (χ4n) is 4.01. The van der Waals surface area contributed by atoms with Crippen LogP contribution in [0, 0.1) is 0 Å². The number of nitrogens with zero attached hydrogens (tertiary/aromatic N) is 1. The van der Waals surface area contributed by atoms with Crippen LogP contribution in [0.1, 0.15) is 35.6 Å². The Bertz CT molecular complexity index is 909. The molecule has 1 atom stereocenters. The standard InChI is InChI=1S/C22H21NO3S/c24-17-6-4-5-16(10-17)23-12-15-9-20-21(26-14-25-20)11-19(15)22(13-23)27-18-7-2-1-3-8-18/h1-3,7-11,22H,4-6,12-14H2. The molecule has 1 unspecified atom stereocenters. The van der Waals surface area contributed by atoms with Gasteiger partial charge in [-0.05, 0) is 48.2 Å². The van der Waals surface area contributed by atoms with Crippen molar-refractivity contribution in [2.75, 3.05) is 13.3 Å². The zero-order valence-electron chi connectivity index (χ0n) is 15.0. The summed E-state index contributed by atoms with van der Waals surface area (Å²) in [5.41, 5.74) is 3.75. The van der Waals surface area contributed by atoms with Crippen LogP contribution in [-0.4, -0.2) is 24.0 Å². The molecule has 2 aliphatic heterocycles. The van der Waals surface area contributed by atoms with E-state index >= 15 is 0 Å². The molecule has 4 nitrogen and oxygen atoms in total. The van der Waals surface area contributed by atoms with Crippen LogP contribution in [0.15, 0.2) is 59.1 Å². The van der Waals surface area contributed by atoms with Crippen LogP contribution in [0.5, 0.6) is 11.5 Å².